The molecule has 2 heteroatoms. The van der Waals surface area contributed by atoms with Crippen LogP contribution in [-0.2, 0) is 12.8 Å². The monoisotopic (exact) mass is 163 g/mol. The van der Waals surface area contributed by atoms with Gasteiger partial charge in [0.2, 0.25) is 0 Å². The first kappa shape index (κ1) is 7.59. The van der Waals surface area contributed by atoms with Crippen molar-refractivity contribution >= 4 is 6.29 Å². The van der Waals surface area contributed by atoms with Crippen LogP contribution < -0.4 is 0 Å². The number of carbonyl (C=O) groups is 1. The molecular weight excluding hydrogens is 150 g/mol. The normalized spacial score (nSPS) is 21.9. The van der Waals surface area contributed by atoms with E-state index < -0.39 is 0 Å². The van der Waals surface area contributed by atoms with Gasteiger partial charge in [-0.25, -0.2) is 0 Å². The Hall–Kier alpha value is -1.05. The van der Waals surface area contributed by atoms with Gasteiger partial charge < -0.3 is 4.98 Å². The van der Waals surface area contributed by atoms with Gasteiger partial charge in [0.05, 0.1) is 5.69 Å². The maximum absolute atomic E-state index is 10.5. The van der Waals surface area contributed by atoms with E-state index in [2.05, 4.69) is 11.9 Å². The molecule has 1 aliphatic rings. The summed E-state index contributed by atoms with van der Waals surface area (Å²) in [5.41, 5.74) is 3.35. The van der Waals surface area contributed by atoms with Crippen LogP contribution in [0.4, 0.5) is 0 Å². The van der Waals surface area contributed by atoms with Gasteiger partial charge >= 0.3 is 0 Å². The molecule has 0 aliphatic heterocycles. The standard InChI is InChI=1S/C10H13NO/c1-7-2-3-10-8(4-7)5-9(6-12)11-10/h5-7,11H,2-4H2,1H3. The maximum Gasteiger partial charge on any atom is 0.166 e. The molecule has 0 bridgehead atoms. The van der Waals surface area contributed by atoms with Crippen LogP contribution in [0.2, 0.25) is 0 Å². The number of aromatic amines is 1. The fourth-order valence-electron chi connectivity index (χ4n) is 1.90. The summed E-state index contributed by atoms with van der Waals surface area (Å²) in [7, 11) is 0. The van der Waals surface area contributed by atoms with Crippen LogP contribution in [0.25, 0.3) is 0 Å². The highest BCUT2D eigenvalue weighted by Crippen LogP contribution is 2.24. The topological polar surface area (TPSA) is 32.9 Å². The minimum absolute atomic E-state index is 0.731. The quantitative estimate of drug-likeness (QED) is 0.631. The van der Waals surface area contributed by atoms with Gasteiger partial charge in [0.15, 0.2) is 6.29 Å². The van der Waals surface area contributed by atoms with Crippen molar-refractivity contribution in [3.05, 3.63) is 23.0 Å². The number of H-pyrrole nitrogens is 1. The fourth-order valence-corrected chi connectivity index (χ4v) is 1.90. The van der Waals surface area contributed by atoms with E-state index >= 15 is 0 Å². The third kappa shape index (κ3) is 1.17. The van der Waals surface area contributed by atoms with Crippen LogP contribution >= 0.6 is 0 Å². The molecule has 0 saturated heterocycles. The maximum atomic E-state index is 10.5. The number of aryl methyl sites for hydroxylation is 1. The van der Waals surface area contributed by atoms with Crippen LogP contribution in [0.15, 0.2) is 6.07 Å². The van der Waals surface area contributed by atoms with Gasteiger partial charge in [0.1, 0.15) is 0 Å². The Morgan fingerprint density at radius 1 is 1.67 bits per heavy atom. The molecule has 1 N–H and O–H groups in total. The Morgan fingerprint density at radius 2 is 2.50 bits per heavy atom. The number of fused-ring (bicyclic) bond motifs is 1. The lowest BCUT2D eigenvalue weighted by atomic mass is 9.89. The Bertz CT molecular complexity index is 301. The average molecular weight is 163 g/mol. The smallest absolute Gasteiger partial charge is 0.166 e. The lowest BCUT2D eigenvalue weighted by molar-refractivity contribution is 0.111. The number of hydrogen-bond donors (Lipinski definition) is 1. The molecule has 0 fully saturated rings. The lowest BCUT2D eigenvalue weighted by Crippen LogP contribution is -2.09. The highest BCUT2D eigenvalue weighted by atomic mass is 16.1. The highest BCUT2D eigenvalue weighted by Gasteiger charge is 2.16. The predicted octanol–water partition coefficient (Wildman–Crippen LogP) is 1.95. The van der Waals surface area contributed by atoms with E-state index in [4.69, 9.17) is 0 Å². The van der Waals surface area contributed by atoms with Crippen molar-refractivity contribution in [2.75, 3.05) is 0 Å². The van der Waals surface area contributed by atoms with Crippen molar-refractivity contribution in [3.8, 4) is 0 Å². The summed E-state index contributed by atoms with van der Waals surface area (Å²) in [5, 5.41) is 0. The van der Waals surface area contributed by atoms with Gasteiger partial charge in [-0.15, -0.1) is 0 Å². The second-order valence-electron chi connectivity index (χ2n) is 3.69. The van der Waals surface area contributed by atoms with Crippen molar-refractivity contribution in [3.63, 3.8) is 0 Å². The Balaban J connectivity index is 2.34. The van der Waals surface area contributed by atoms with E-state index in [1.807, 2.05) is 6.07 Å². The van der Waals surface area contributed by atoms with Gasteiger partial charge in [-0.2, -0.15) is 0 Å². The number of aldehydes is 1. The second kappa shape index (κ2) is 2.77. The zero-order chi connectivity index (χ0) is 8.55. The Kier molecular flexibility index (Phi) is 1.75. The summed E-state index contributed by atoms with van der Waals surface area (Å²) < 4.78 is 0. The zero-order valence-electron chi connectivity index (χ0n) is 7.26. The van der Waals surface area contributed by atoms with Gasteiger partial charge in [-0.05, 0) is 36.8 Å². The molecule has 0 amide bonds. The van der Waals surface area contributed by atoms with Crippen molar-refractivity contribution in [2.24, 2.45) is 5.92 Å². The molecule has 1 heterocycles. The molecule has 0 radical (unpaired) electrons. The summed E-state index contributed by atoms with van der Waals surface area (Å²) in [6, 6.07) is 1.98. The Morgan fingerprint density at radius 3 is 3.25 bits per heavy atom. The van der Waals surface area contributed by atoms with E-state index in [1.54, 1.807) is 0 Å². The Labute approximate surface area is 72.0 Å². The minimum Gasteiger partial charge on any atom is -0.356 e. The summed E-state index contributed by atoms with van der Waals surface area (Å²) in [5.74, 6) is 0.771. The molecule has 12 heavy (non-hydrogen) atoms. The van der Waals surface area contributed by atoms with Crippen LogP contribution in [0, 0.1) is 5.92 Å². The minimum atomic E-state index is 0.731. The van der Waals surface area contributed by atoms with E-state index in [1.165, 1.54) is 17.7 Å². The molecule has 1 unspecified atom stereocenters. The zero-order valence-corrected chi connectivity index (χ0v) is 7.26. The van der Waals surface area contributed by atoms with Crippen molar-refractivity contribution < 1.29 is 4.79 Å². The number of nitrogens with one attached hydrogen (secondary N) is 1. The first-order valence-electron chi connectivity index (χ1n) is 4.45. The summed E-state index contributed by atoms with van der Waals surface area (Å²) in [6.07, 6.45) is 4.36. The van der Waals surface area contributed by atoms with Gasteiger partial charge in [0, 0.05) is 5.69 Å². The first-order valence-corrected chi connectivity index (χ1v) is 4.45. The van der Waals surface area contributed by atoms with E-state index in [0.717, 1.165) is 30.7 Å². The molecule has 1 aromatic rings. The number of rotatable bonds is 1. The van der Waals surface area contributed by atoms with Gasteiger partial charge in [0.25, 0.3) is 0 Å². The number of hydrogen-bond acceptors (Lipinski definition) is 1. The molecule has 1 atom stereocenters. The molecule has 64 valence electrons. The van der Waals surface area contributed by atoms with E-state index in [9.17, 15) is 4.79 Å². The summed E-state index contributed by atoms with van der Waals surface area (Å²) in [4.78, 5) is 13.6. The van der Waals surface area contributed by atoms with Crippen molar-refractivity contribution in [2.45, 2.75) is 26.2 Å². The molecule has 1 aromatic heterocycles. The van der Waals surface area contributed by atoms with Crippen molar-refractivity contribution in [1.29, 1.82) is 0 Å². The summed E-state index contributed by atoms with van der Waals surface area (Å²) in [6.45, 7) is 2.26. The highest BCUT2D eigenvalue weighted by molar-refractivity contribution is 5.72. The van der Waals surface area contributed by atoms with Crippen LogP contribution in [0.3, 0.4) is 0 Å². The van der Waals surface area contributed by atoms with E-state index in [0.29, 0.717) is 0 Å². The molecule has 0 spiro atoms. The number of aromatic nitrogens is 1. The second-order valence-corrected chi connectivity index (χ2v) is 3.69. The first-order chi connectivity index (χ1) is 5.79. The lowest BCUT2D eigenvalue weighted by Gasteiger charge is -2.17. The molecule has 0 saturated carbocycles. The van der Waals surface area contributed by atoms with Gasteiger partial charge in [-0.1, -0.05) is 6.92 Å². The molecule has 0 aromatic carbocycles. The number of carbonyl (C=O) groups excluding carboxylic acids is 1. The molecule has 2 rings (SSSR count). The predicted molar refractivity (Wildman–Crippen MR) is 47.4 cm³/mol. The molecule has 2 nitrogen and oxygen atoms in total. The molecular formula is C10H13NO. The van der Waals surface area contributed by atoms with E-state index in [-0.39, 0.29) is 0 Å². The van der Waals surface area contributed by atoms with Crippen molar-refractivity contribution in [1.82, 2.24) is 4.98 Å². The SMILES string of the molecule is CC1CCc2[nH]c(C=O)cc2C1. The average Bonchev–Trinajstić information content (AvgIpc) is 2.46. The largest absolute Gasteiger partial charge is 0.356 e. The van der Waals surface area contributed by atoms with Gasteiger partial charge in [-0.3, -0.25) is 4.79 Å². The van der Waals surface area contributed by atoms with Crippen LogP contribution in [-0.4, -0.2) is 11.3 Å². The third-order valence-corrected chi connectivity index (χ3v) is 2.60. The van der Waals surface area contributed by atoms with Crippen LogP contribution in [0.5, 0.6) is 0 Å². The fraction of sp³-hybridized carbons (Fsp3) is 0.500. The molecule has 1 aliphatic carbocycles. The third-order valence-electron chi connectivity index (χ3n) is 2.60. The van der Waals surface area contributed by atoms with Crippen LogP contribution in [0.1, 0.15) is 35.1 Å². The summed E-state index contributed by atoms with van der Waals surface area (Å²) >= 11 is 0.